The van der Waals surface area contributed by atoms with Gasteiger partial charge in [-0.2, -0.15) is 0 Å². The van der Waals surface area contributed by atoms with Gasteiger partial charge in [-0.3, -0.25) is 0 Å². The summed E-state index contributed by atoms with van der Waals surface area (Å²) in [7, 11) is 0. The first-order chi connectivity index (χ1) is 14.5. The molecule has 1 aliphatic rings. The number of aliphatic hydroxyl groups is 4. The molecule has 1 fully saturated rings. The second-order valence-electron chi connectivity index (χ2n) is 7.69. The van der Waals surface area contributed by atoms with E-state index in [0.29, 0.717) is 5.75 Å². The summed E-state index contributed by atoms with van der Waals surface area (Å²) in [6.45, 7) is 1.58. The highest BCUT2D eigenvalue weighted by atomic mass is 32.1. The average molecular weight is 431 g/mol. The van der Waals surface area contributed by atoms with Crippen molar-refractivity contribution in [3.8, 4) is 5.75 Å². The molecule has 0 unspecified atom stereocenters. The summed E-state index contributed by atoms with van der Waals surface area (Å²) < 4.78 is 12.5. The zero-order valence-electron chi connectivity index (χ0n) is 16.6. The lowest BCUT2D eigenvalue weighted by Gasteiger charge is -2.39. The fourth-order valence-corrected chi connectivity index (χ4v) is 4.74. The first-order valence-corrected chi connectivity index (χ1v) is 10.9. The molecule has 1 aliphatic heterocycles. The number of aryl methyl sites for hydroxylation is 3. The number of benzene rings is 2. The zero-order chi connectivity index (χ0) is 21.3. The highest BCUT2D eigenvalue weighted by molar-refractivity contribution is 7.17. The minimum absolute atomic E-state index is 0.491. The minimum Gasteiger partial charge on any atom is -0.461 e. The van der Waals surface area contributed by atoms with Crippen LogP contribution in [-0.4, -0.2) is 57.7 Å². The lowest BCUT2D eigenvalue weighted by Crippen LogP contribution is -2.60. The molecule has 0 aliphatic carbocycles. The number of rotatable bonds is 6. The third kappa shape index (κ3) is 4.23. The summed E-state index contributed by atoms with van der Waals surface area (Å²) in [4.78, 5) is 0. The third-order valence-corrected chi connectivity index (χ3v) is 6.53. The fraction of sp³-hybridized carbons (Fsp3) is 0.391. The van der Waals surface area contributed by atoms with Crippen LogP contribution in [0.3, 0.4) is 0 Å². The predicted molar refractivity (Wildman–Crippen MR) is 115 cm³/mol. The Hall–Kier alpha value is -2.00. The Morgan fingerprint density at radius 1 is 0.967 bits per heavy atom. The Kier molecular flexibility index (Phi) is 6.38. The summed E-state index contributed by atoms with van der Waals surface area (Å²) in [6, 6.07) is 14.2. The molecule has 2 heterocycles. The van der Waals surface area contributed by atoms with Gasteiger partial charge in [0.05, 0.1) is 6.61 Å². The van der Waals surface area contributed by atoms with Gasteiger partial charge in [0, 0.05) is 10.1 Å². The van der Waals surface area contributed by atoms with Gasteiger partial charge in [0.1, 0.15) is 30.2 Å². The topological polar surface area (TPSA) is 99.4 Å². The largest absolute Gasteiger partial charge is 0.461 e. The second-order valence-corrected chi connectivity index (χ2v) is 8.60. The van der Waals surface area contributed by atoms with E-state index in [1.54, 1.807) is 17.4 Å². The summed E-state index contributed by atoms with van der Waals surface area (Å²) in [5, 5.41) is 42.8. The highest BCUT2D eigenvalue weighted by Crippen LogP contribution is 2.36. The summed E-state index contributed by atoms with van der Waals surface area (Å²) >= 11 is 1.62. The molecule has 0 bridgehead atoms. The SMILES string of the molecule is Cc1ccc(CCc2csc3cccc(O[C@@H]4O[C@H](CO)[C@@H](O)[C@H](O)[C@H]4O)c23)cc1. The standard InChI is InChI=1S/C23H26O6S/c1-13-5-7-14(8-6-13)9-10-15-12-30-18-4-2-3-16(19(15)18)28-23-22(27)21(26)20(25)17(11-24)29-23/h2-8,12,17,20-27H,9-11H2,1H3/t17-,20-,21+,22-,23-/m1/s1. The van der Waals surface area contributed by atoms with E-state index in [9.17, 15) is 20.4 Å². The second kappa shape index (κ2) is 9.01. The van der Waals surface area contributed by atoms with Crippen LogP contribution < -0.4 is 4.74 Å². The maximum Gasteiger partial charge on any atom is 0.229 e. The van der Waals surface area contributed by atoms with Gasteiger partial charge in [-0.1, -0.05) is 35.9 Å². The quantitative estimate of drug-likeness (QED) is 0.478. The van der Waals surface area contributed by atoms with E-state index in [1.807, 2.05) is 12.1 Å². The molecular weight excluding hydrogens is 404 g/mol. The molecule has 1 aromatic heterocycles. The number of thiophene rings is 1. The van der Waals surface area contributed by atoms with Crippen molar-refractivity contribution in [2.75, 3.05) is 6.61 Å². The van der Waals surface area contributed by atoms with Crippen LogP contribution in [0.4, 0.5) is 0 Å². The molecule has 2 aromatic carbocycles. The molecule has 7 heteroatoms. The van der Waals surface area contributed by atoms with E-state index in [2.05, 4.69) is 36.6 Å². The molecule has 0 spiro atoms. The van der Waals surface area contributed by atoms with Gasteiger partial charge >= 0.3 is 0 Å². The molecule has 4 rings (SSSR count). The molecule has 5 atom stereocenters. The number of hydrogen-bond donors (Lipinski definition) is 4. The van der Waals surface area contributed by atoms with Gasteiger partial charge in [0.2, 0.25) is 6.29 Å². The highest BCUT2D eigenvalue weighted by Gasteiger charge is 2.44. The molecule has 30 heavy (non-hydrogen) atoms. The van der Waals surface area contributed by atoms with E-state index in [-0.39, 0.29) is 0 Å². The van der Waals surface area contributed by atoms with Crippen molar-refractivity contribution in [1.82, 2.24) is 0 Å². The Bertz CT molecular complexity index is 983. The molecule has 6 nitrogen and oxygen atoms in total. The summed E-state index contributed by atoms with van der Waals surface area (Å²) in [5.74, 6) is 0.539. The first-order valence-electron chi connectivity index (χ1n) is 9.99. The van der Waals surface area contributed by atoms with E-state index in [0.717, 1.165) is 28.5 Å². The van der Waals surface area contributed by atoms with E-state index >= 15 is 0 Å². The molecule has 0 amide bonds. The average Bonchev–Trinajstić information content (AvgIpc) is 3.18. The van der Waals surface area contributed by atoms with E-state index in [1.165, 1.54) is 11.1 Å². The molecule has 160 valence electrons. The lowest BCUT2D eigenvalue weighted by molar-refractivity contribution is -0.277. The van der Waals surface area contributed by atoms with Crippen molar-refractivity contribution in [3.05, 3.63) is 64.5 Å². The minimum atomic E-state index is -1.47. The van der Waals surface area contributed by atoms with Gasteiger partial charge < -0.3 is 29.9 Å². The monoisotopic (exact) mass is 430 g/mol. The molecule has 1 saturated heterocycles. The smallest absolute Gasteiger partial charge is 0.229 e. The molecule has 0 saturated carbocycles. The van der Waals surface area contributed by atoms with Crippen LogP contribution in [0.25, 0.3) is 10.1 Å². The number of ether oxygens (including phenoxy) is 2. The maximum atomic E-state index is 10.3. The molecule has 3 aromatic rings. The van der Waals surface area contributed by atoms with Crippen molar-refractivity contribution >= 4 is 21.4 Å². The van der Waals surface area contributed by atoms with Crippen molar-refractivity contribution < 1.29 is 29.9 Å². The number of hydrogen-bond acceptors (Lipinski definition) is 7. The normalized spacial score (nSPS) is 26.8. The molecule has 0 radical (unpaired) electrons. The van der Waals surface area contributed by atoms with Gasteiger partial charge in [-0.25, -0.2) is 0 Å². The zero-order valence-corrected chi connectivity index (χ0v) is 17.5. The van der Waals surface area contributed by atoms with Gasteiger partial charge in [-0.15, -0.1) is 11.3 Å². The third-order valence-electron chi connectivity index (χ3n) is 5.53. The van der Waals surface area contributed by atoms with E-state index < -0.39 is 37.3 Å². The van der Waals surface area contributed by atoms with Crippen LogP contribution in [0.5, 0.6) is 5.75 Å². The summed E-state index contributed by atoms with van der Waals surface area (Å²) in [5.41, 5.74) is 3.62. The van der Waals surface area contributed by atoms with Gasteiger partial charge in [-0.05, 0) is 48.4 Å². The summed E-state index contributed by atoms with van der Waals surface area (Å²) in [6.07, 6.45) is -4.80. The van der Waals surface area contributed by atoms with Crippen LogP contribution in [0, 0.1) is 6.92 Å². The van der Waals surface area contributed by atoms with E-state index in [4.69, 9.17) is 9.47 Å². The van der Waals surface area contributed by atoms with Crippen LogP contribution in [0.2, 0.25) is 0 Å². The Labute approximate surface area is 178 Å². The van der Waals surface area contributed by atoms with Crippen LogP contribution in [0.1, 0.15) is 16.7 Å². The molecule has 4 N–H and O–H groups in total. The maximum absolute atomic E-state index is 10.3. The van der Waals surface area contributed by atoms with Crippen molar-refractivity contribution in [1.29, 1.82) is 0 Å². The van der Waals surface area contributed by atoms with Crippen molar-refractivity contribution in [2.45, 2.75) is 50.5 Å². The van der Waals surface area contributed by atoms with Gasteiger partial charge in [0.15, 0.2) is 0 Å². The number of aliphatic hydroxyl groups excluding tert-OH is 4. The first kappa shape index (κ1) is 21.2. The Morgan fingerprint density at radius 2 is 1.73 bits per heavy atom. The van der Waals surface area contributed by atoms with Gasteiger partial charge in [0.25, 0.3) is 0 Å². The van der Waals surface area contributed by atoms with Crippen molar-refractivity contribution in [3.63, 3.8) is 0 Å². The van der Waals surface area contributed by atoms with Crippen molar-refractivity contribution in [2.24, 2.45) is 0 Å². The Morgan fingerprint density at radius 3 is 2.47 bits per heavy atom. The lowest BCUT2D eigenvalue weighted by atomic mass is 9.99. The number of fused-ring (bicyclic) bond motifs is 1. The fourth-order valence-electron chi connectivity index (χ4n) is 3.72. The van der Waals surface area contributed by atoms with Crippen LogP contribution in [0.15, 0.2) is 47.8 Å². The Balaban J connectivity index is 1.57. The molecular formula is C23H26O6S. The predicted octanol–water partition coefficient (Wildman–Crippen LogP) is 2.17. The van der Waals surface area contributed by atoms with Crippen LogP contribution >= 0.6 is 11.3 Å². The van der Waals surface area contributed by atoms with Crippen LogP contribution in [-0.2, 0) is 17.6 Å².